The Balaban J connectivity index is 2.14. The molecule has 2 amide bonds. The molecule has 0 fully saturated rings. The van der Waals surface area contributed by atoms with Crippen molar-refractivity contribution in [3.05, 3.63) is 78.4 Å². The van der Waals surface area contributed by atoms with Crippen molar-refractivity contribution in [1.29, 1.82) is 5.26 Å². The van der Waals surface area contributed by atoms with Gasteiger partial charge in [-0.25, -0.2) is 13.2 Å². The van der Waals surface area contributed by atoms with E-state index in [9.17, 15) is 18.5 Å². The number of carbonyl (C=O) groups is 1. The summed E-state index contributed by atoms with van der Waals surface area (Å²) < 4.78 is 33.3. The summed E-state index contributed by atoms with van der Waals surface area (Å²) >= 11 is 0. The number of rotatable bonds is 6. The number of benzene rings is 3. The van der Waals surface area contributed by atoms with Crippen LogP contribution in [0.5, 0.6) is 5.75 Å². The van der Waals surface area contributed by atoms with Crippen molar-refractivity contribution in [3.8, 4) is 11.8 Å². The van der Waals surface area contributed by atoms with Crippen molar-refractivity contribution in [3.63, 3.8) is 0 Å². The highest BCUT2D eigenvalue weighted by molar-refractivity contribution is 7.92. The first kappa shape index (κ1) is 20.7. The van der Waals surface area contributed by atoms with Gasteiger partial charge in [-0.2, -0.15) is 5.26 Å². The number of hydrogen-bond donors (Lipinski definition) is 2. The second kappa shape index (κ2) is 8.55. The van der Waals surface area contributed by atoms with E-state index in [2.05, 4.69) is 4.72 Å². The van der Waals surface area contributed by atoms with E-state index in [1.165, 1.54) is 37.4 Å². The zero-order valence-corrected chi connectivity index (χ0v) is 16.8. The van der Waals surface area contributed by atoms with Gasteiger partial charge in [-0.1, -0.05) is 24.3 Å². The maximum absolute atomic E-state index is 12.8. The monoisotopic (exact) mass is 422 g/mol. The maximum Gasteiger partial charge on any atom is 0.323 e. The normalized spacial score (nSPS) is 10.7. The van der Waals surface area contributed by atoms with Gasteiger partial charge in [0.2, 0.25) is 0 Å². The first-order valence-corrected chi connectivity index (χ1v) is 10.2. The average Bonchev–Trinajstić information content (AvgIpc) is 2.75. The molecule has 0 bridgehead atoms. The number of amides is 2. The molecule has 0 unspecified atom stereocenters. The number of sulfonamides is 1. The number of carbonyl (C=O) groups excluding carboxylic acids is 1. The van der Waals surface area contributed by atoms with Gasteiger partial charge in [0, 0.05) is 6.07 Å². The standard InChI is InChI=1S/C21H18N4O4S/c1-29-17-7-5-6-16(13-17)25(21(23)26)20-11-10-15(14-22)12-19(20)24-30(27,28)18-8-3-2-4-9-18/h2-13,24H,1H3,(H2,23,26). The fraction of sp³-hybridized carbons (Fsp3) is 0.0476. The molecule has 30 heavy (non-hydrogen) atoms. The van der Waals surface area contributed by atoms with Crippen molar-refractivity contribution < 1.29 is 17.9 Å². The zero-order chi connectivity index (χ0) is 21.7. The highest BCUT2D eigenvalue weighted by atomic mass is 32.2. The summed E-state index contributed by atoms with van der Waals surface area (Å²) in [4.78, 5) is 13.5. The van der Waals surface area contributed by atoms with E-state index < -0.39 is 16.1 Å². The lowest BCUT2D eigenvalue weighted by Crippen LogP contribution is -2.32. The first-order chi connectivity index (χ1) is 14.4. The average molecular weight is 422 g/mol. The number of nitriles is 1. The van der Waals surface area contributed by atoms with Gasteiger partial charge in [0.15, 0.2) is 0 Å². The van der Waals surface area contributed by atoms with Crippen molar-refractivity contribution in [2.75, 3.05) is 16.7 Å². The van der Waals surface area contributed by atoms with E-state index in [0.29, 0.717) is 11.4 Å². The molecule has 3 rings (SSSR count). The number of nitrogens with zero attached hydrogens (tertiary/aromatic N) is 2. The van der Waals surface area contributed by atoms with Crippen LogP contribution in [0.1, 0.15) is 5.56 Å². The molecule has 3 N–H and O–H groups in total. The number of urea groups is 1. The Morgan fingerprint density at radius 2 is 1.80 bits per heavy atom. The topological polar surface area (TPSA) is 126 Å². The molecule has 0 atom stereocenters. The Hall–Kier alpha value is -4.03. The van der Waals surface area contributed by atoms with Crippen LogP contribution in [-0.2, 0) is 10.0 Å². The molecule has 0 saturated heterocycles. The van der Waals surface area contributed by atoms with Gasteiger partial charge in [0.25, 0.3) is 10.0 Å². The lowest BCUT2D eigenvalue weighted by molar-refractivity contribution is 0.256. The van der Waals surface area contributed by atoms with E-state index in [4.69, 9.17) is 10.5 Å². The summed E-state index contributed by atoms with van der Waals surface area (Å²) in [7, 11) is -2.50. The number of methoxy groups -OCH3 is 1. The number of nitrogens with two attached hydrogens (primary N) is 1. The number of nitrogens with one attached hydrogen (secondary N) is 1. The van der Waals surface area contributed by atoms with Crippen LogP contribution in [0.15, 0.2) is 77.7 Å². The quantitative estimate of drug-likeness (QED) is 0.628. The van der Waals surface area contributed by atoms with Gasteiger partial charge in [-0.05, 0) is 42.5 Å². The van der Waals surface area contributed by atoms with E-state index >= 15 is 0 Å². The molecule has 8 nitrogen and oxygen atoms in total. The van der Waals surface area contributed by atoms with Gasteiger partial charge in [-0.15, -0.1) is 0 Å². The van der Waals surface area contributed by atoms with Crippen LogP contribution in [-0.4, -0.2) is 21.6 Å². The predicted octanol–water partition coefficient (Wildman–Crippen LogP) is 3.58. The number of anilines is 3. The summed E-state index contributed by atoms with van der Waals surface area (Å²) in [5, 5.41) is 9.25. The minimum absolute atomic E-state index is 0.0273. The highest BCUT2D eigenvalue weighted by Gasteiger charge is 2.23. The lowest BCUT2D eigenvalue weighted by Gasteiger charge is -2.24. The van der Waals surface area contributed by atoms with Crippen LogP contribution in [0.3, 0.4) is 0 Å². The van der Waals surface area contributed by atoms with Gasteiger partial charge in [-0.3, -0.25) is 9.62 Å². The van der Waals surface area contributed by atoms with Crippen LogP contribution in [0.2, 0.25) is 0 Å². The molecule has 0 heterocycles. The summed E-state index contributed by atoms with van der Waals surface area (Å²) in [6.45, 7) is 0. The van der Waals surface area contributed by atoms with Gasteiger partial charge in [0.05, 0.1) is 40.7 Å². The number of ether oxygens (including phenoxy) is 1. The van der Waals surface area contributed by atoms with Gasteiger partial charge < -0.3 is 10.5 Å². The SMILES string of the molecule is COc1cccc(N(C(N)=O)c2ccc(C#N)cc2NS(=O)(=O)c2ccccc2)c1. The molecule has 0 radical (unpaired) electrons. The summed E-state index contributed by atoms with van der Waals surface area (Å²) in [5.74, 6) is 0.485. The third kappa shape index (κ3) is 4.34. The predicted molar refractivity (Wildman–Crippen MR) is 113 cm³/mol. The van der Waals surface area contributed by atoms with Crippen molar-refractivity contribution in [1.82, 2.24) is 0 Å². The molecule has 0 aromatic heterocycles. The number of primary amides is 1. The molecular weight excluding hydrogens is 404 g/mol. The molecule has 0 aliphatic heterocycles. The third-order valence-electron chi connectivity index (χ3n) is 4.20. The van der Waals surface area contributed by atoms with Crippen LogP contribution in [0.4, 0.5) is 21.9 Å². The van der Waals surface area contributed by atoms with Crippen LogP contribution in [0.25, 0.3) is 0 Å². The van der Waals surface area contributed by atoms with Crippen molar-refractivity contribution >= 4 is 33.1 Å². The fourth-order valence-electron chi connectivity index (χ4n) is 2.82. The van der Waals surface area contributed by atoms with E-state index in [1.54, 1.807) is 42.5 Å². The second-order valence-electron chi connectivity index (χ2n) is 6.14. The van der Waals surface area contributed by atoms with E-state index in [-0.39, 0.29) is 21.8 Å². The fourth-order valence-corrected chi connectivity index (χ4v) is 3.91. The molecule has 0 spiro atoms. The molecule has 9 heteroatoms. The molecule has 0 aliphatic rings. The first-order valence-electron chi connectivity index (χ1n) is 8.71. The molecular formula is C21H18N4O4S. The Kier molecular flexibility index (Phi) is 5.90. The summed E-state index contributed by atoms with van der Waals surface area (Å²) in [5.41, 5.74) is 6.37. The van der Waals surface area contributed by atoms with E-state index in [0.717, 1.165) is 4.90 Å². The molecule has 152 valence electrons. The van der Waals surface area contributed by atoms with Gasteiger partial charge >= 0.3 is 6.03 Å². The van der Waals surface area contributed by atoms with Gasteiger partial charge in [0.1, 0.15) is 5.75 Å². The molecule has 3 aromatic carbocycles. The summed E-state index contributed by atoms with van der Waals surface area (Å²) in [6.07, 6.45) is 0. The largest absolute Gasteiger partial charge is 0.497 e. The van der Waals surface area contributed by atoms with E-state index in [1.807, 2.05) is 6.07 Å². The Bertz CT molecular complexity index is 1220. The van der Waals surface area contributed by atoms with Crippen LogP contribution < -0.4 is 20.1 Å². The lowest BCUT2D eigenvalue weighted by atomic mass is 10.1. The number of hydrogen-bond acceptors (Lipinski definition) is 5. The Morgan fingerprint density at radius 3 is 2.43 bits per heavy atom. The maximum atomic E-state index is 12.8. The summed E-state index contributed by atoms with van der Waals surface area (Å²) in [6, 6.07) is 19.7. The Labute approximate surface area is 174 Å². The van der Waals surface area contributed by atoms with Crippen LogP contribution in [0, 0.1) is 11.3 Å². The highest BCUT2D eigenvalue weighted by Crippen LogP contribution is 2.35. The Morgan fingerprint density at radius 1 is 1.07 bits per heavy atom. The second-order valence-corrected chi connectivity index (χ2v) is 7.82. The zero-order valence-electron chi connectivity index (χ0n) is 15.9. The van der Waals surface area contributed by atoms with Crippen molar-refractivity contribution in [2.45, 2.75) is 4.90 Å². The minimum atomic E-state index is -3.98. The molecule has 3 aromatic rings. The third-order valence-corrected chi connectivity index (χ3v) is 5.58. The molecule has 0 saturated carbocycles. The molecule has 0 aliphatic carbocycles. The minimum Gasteiger partial charge on any atom is -0.497 e. The smallest absolute Gasteiger partial charge is 0.323 e. The van der Waals surface area contributed by atoms with Crippen LogP contribution >= 0.6 is 0 Å². The van der Waals surface area contributed by atoms with Crippen molar-refractivity contribution in [2.24, 2.45) is 5.73 Å².